The molecule has 0 amide bonds. The maximum absolute atomic E-state index is 12.0. The molecule has 0 spiro atoms. The zero-order valence-electron chi connectivity index (χ0n) is 14.6. The monoisotopic (exact) mass is 335 g/mol. The maximum Gasteiger partial charge on any atom is 0.324 e. The molecule has 0 radical (unpaired) electrons. The minimum atomic E-state index is -1.07. The van der Waals surface area contributed by atoms with Crippen LogP contribution in [0.25, 0.3) is 0 Å². The topological polar surface area (TPSA) is 73.9 Å². The zero-order chi connectivity index (χ0) is 17.9. The van der Waals surface area contributed by atoms with Crippen molar-refractivity contribution in [3.8, 4) is 5.75 Å². The summed E-state index contributed by atoms with van der Waals surface area (Å²) in [6.07, 6.45) is 1.61. The summed E-state index contributed by atoms with van der Waals surface area (Å²) in [5.74, 6) is -1.52. The van der Waals surface area contributed by atoms with Gasteiger partial charge in [0.15, 0.2) is 5.92 Å². The lowest BCUT2D eigenvalue weighted by Gasteiger charge is -2.15. The van der Waals surface area contributed by atoms with Crippen molar-refractivity contribution >= 4 is 17.6 Å². The molecule has 6 nitrogen and oxygen atoms in total. The second-order valence-electron chi connectivity index (χ2n) is 4.93. The van der Waals surface area contributed by atoms with E-state index in [1.165, 1.54) is 0 Å². The normalized spacial score (nSPS) is 11.1. The van der Waals surface area contributed by atoms with E-state index in [4.69, 9.17) is 14.2 Å². The van der Waals surface area contributed by atoms with Gasteiger partial charge < -0.3 is 19.5 Å². The minimum absolute atomic E-state index is 0.203. The first kappa shape index (κ1) is 19.5. The molecule has 1 aromatic rings. The van der Waals surface area contributed by atoms with Gasteiger partial charge in [0.25, 0.3) is 0 Å². The summed E-state index contributed by atoms with van der Waals surface area (Å²) in [5.41, 5.74) is 1.32. The molecule has 0 atom stereocenters. The molecular formula is C18H25NO5. The van der Waals surface area contributed by atoms with Crippen molar-refractivity contribution in [2.45, 2.75) is 27.7 Å². The lowest BCUT2D eigenvalue weighted by atomic mass is 10.0. The van der Waals surface area contributed by atoms with Crippen LogP contribution in [-0.4, -0.2) is 31.8 Å². The van der Waals surface area contributed by atoms with E-state index in [1.807, 2.05) is 31.2 Å². The SMILES string of the molecule is CCOC(=O)C(C(=O)OCC)C(C)=CNc1ccc(OCC)cc1. The summed E-state index contributed by atoms with van der Waals surface area (Å²) in [5, 5.41) is 3.06. The second kappa shape index (κ2) is 10.3. The standard InChI is InChI=1S/C18H25NO5/c1-5-22-15-10-8-14(9-11-15)19-12-13(4)16(17(20)23-6-2)18(21)24-7-3/h8-12,16,19H,5-7H2,1-4H3. The lowest BCUT2D eigenvalue weighted by molar-refractivity contribution is -0.159. The van der Waals surface area contributed by atoms with Gasteiger partial charge in [-0.2, -0.15) is 0 Å². The van der Waals surface area contributed by atoms with E-state index in [-0.39, 0.29) is 13.2 Å². The number of hydrogen-bond acceptors (Lipinski definition) is 6. The molecule has 0 aliphatic heterocycles. The third-order valence-electron chi connectivity index (χ3n) is 3.13. The number of ether oxygens (including phenoxy) is 3. The van der Waals surface area contributed by atoms with Crippen LogP contribution in [0.2, 0.25) is 0 Å². The van der Waals surface area contributed by atoms with Crippen LogP contribution < -0.4 is 10.1 Å². The summed E-state index contributed by atoms with van der Waals surface area (Å²) in [7, 11) is 0. The Bertz CT molecular complexity index is 547. The van der Waals surface area contributed by atoms with Crippen molar-refractivity contribution in [1.29, 1.82) is 0 Å². The molecule has 0 fully saturated rings. The first-order valence-corrected chi connectivity index (χ1v) is 8.02. The van der Waals surface area contributed by atoms with Crippen molar-refractivity contribution in [2.24, 2.45) is 5.92 Å². The molecule has 0 bridgehead atoms. The molecule has 132 valence electrons. The Morgan fingerprint density at radius 2 is 1.54 bits per heavy atom. The van der Waals surface area contributed by atoms with Gasteiger partial charge in [-0.15, -0.1) is 0 Å². The quantitative estimate of drug-likeness (QED) is 0.552. The summed E-state index contributed by atoms with van der Waals surface area (Å²) < 4.78 is 15.3. The summed E-state index contributed by atoms with van der Waals surface area (Å²) >= 11 is 0. The van der Waals surface area contributed by atoms with Crippen LogP contribution in [0, 0.1) is 5.92 Å². The first-order valence-electron chi connectivity index (χ1n) is 8.02. The van der Waals surface area contributed by atoms with Crippen LogP contribution in [0.15, 0.2) is 36.0 Å². The van der Waals surface area contributed by atoms with Crippen molar-refractivity contribution in [3.05, 3.63) is 36.0 Å². The van der Waals surface area contributed by atoms with Crippen LogP contribution in [-0.2, 0) is 19.1 Å². The number of esters is 2. The Morgan fingerprint density at radius 3 is 2.00 bits per heavy atom. The Balaban J connectivity index is 2.84. The van der Waals surface area contributed by atoms with Crippen LogP contribution in [0.1, 0.15) is 27.7 Å². The van der Waals surface area contributed by atoms with E-state index in [0.29, 0.717) is 12.2 Å². The molecule has 0 aliphatic carbocycles. The molecule has 0 saturated carbocycles. The summed E-state index contributed by atoms with van der Waals surface area (Å²) in [6, 6.07) is 7.36. The zero-order valence-corrected chi connectivity index (χ0v) is 14.6. The molecule has 0 unspecified atom stereocenters. The molecule has 0 aliphatic rings. The van der Waals surface area contributed by atoms with Gasteiger partial charge in [-0.25, -0.2) is 0 Å². The van der Waals surface area contributed by atoms with E-state index < -0.39 is 17.9 Å². The predicted octanol–water partition coefficient (Wildman–Crippen LogP) is 3.14. The van der Waals surface area contributed by atoms with Crippen molar-refractivity contribution in [2.75, 3.05) is 25.1 Å². The highest BCUT2D eigenvalue weighted by Crippen LogP contribution is 2.18. The summed E-state index contributed by atoms with van der Waals surface area (Å²) in [6.45, 7) is 7.99. The van der Waals surface area contributed by atoms with Crippen molar-refractivity contribution in [3.63, 3.8) is 0 Å². The average Bonchev–Trinajstić information content (AvgIpc) is 2.55. The van der Waals surface area contributed by atoms with Crippen LogP contribution >= 0.6 is 0 Å². The number of rotatable bonds is 9. The molecule has 0 heterocycles. The van der Waals surface area contributed by atoms with Crippen LogP contribution in [0.5, 0.6) is 5.75 Å². The van der Waals surface area contributed by atoms with Gasteiger partial charge in [0.1, 0.15) is 5.75 Å². The van der Waals surface area contributed by atoms with Gasteiger partial charge in [0, 0.05) is 11.9 Å². The van der Waals surface area contributed by atoms with Crippen LogP contribution in [0.4, 0.5) is 5.69 Å². The number of anilines is 1. The first-order chi connectivity index (χ1) is 11.5. The number of benzene rings is 1. The Labute approximate surface area is 142 Å². The van der Waals surface area contributed by atoms with Crippen molar-refractivity contribution < 1.29 is 23.8 Å². The number of nitrogens with one attached hydrogen (secondary N) is 1. The third kappa shape index (κ3) is 5.95. The highest BCUT2D eigenvalue weighted by Gasteiger charge is 2.31. The van der Waals surface area contributed by atoms with E-state index >= 15 is 0 Å². The van der Waals surface area contributed by atoms with Gasteiger partial charge in [0.2, 0.25) is 0 Å². The predicted molar refractivity (Wildman–Crippen MR) is 91.7 cm³/mol. The smallest absolute Gasteiger partial charge is 0.324 e. The van der Waals surface area contributed by atoms with E-state index in [2.05, 4.69) is 5.32 Å². The number of carbonyl (C=O) groups is 2. The molecule has 24 heavy (non-hydrogen) atoms. The van der Waals surface area contributed by atoms with Gasteiger partial charge in [0.05, 0.1) is 19.8 Å². The van der Waals surface area contributed by atoms with Gasteiger partial charge >= 0.3 is 11.9 Å². The molecule has 0 saturated heterocycles. The minimum Gasteiger partial charge on any atom is -0.494 e. The largest absolute Gasteiger partial charge is 0.494 e. The Morgan fingerprint density at radius 1 is 1.00 bits per heavy atom. The third-order valence-corrected chi connectivity index (χ3v) is 3.13. The molecule has 0 aromatic heterocycles. The fourth-order valence-electron chi connectivity index (χ4n) is 2.01. The van der Waals surface area contributed by atoms with E-state index in [0.717, 1.165) is 11.4 Å². The molecular weight excluding hydrogens is 310 g/mol. The van der Waals surface area contributed by atoms with E-state index in [9.17, 15) is 9.59 Å². The molecule has 1 N–H and O–H groups in total. The van der Waals surface area contributed by atoms with E-state index in [1.54, 1.807) is 27.0 Å². The maximum atomic E-state index is 12.0. The number of carbonyl (C=O) groups excluding carboxylic acids is 2. The summed E-state index contributed by atoms with van der Waals surface area (Å²) in [4.78, 5) is 24.0. The second-order valence-corrected chi connectivity index (χ2v) is 4.93. The Hall–Kier alpha value is -2.50. The van der Waals surface area contributed by atoms with Gasteiger partial charge in [-0.05, 0) is 57.5 Å². The highest BCUT2D eigenvalue weighted by atomic mass is 16.6. The van der Waals surface area contributed by atoms with Crippen molar-refractivity contribution in [1.82, 2.24) is 0 Å². The molecule has 1 rings (SSSR count). The average molecular weight is 335 g/mol. The highest BCUT2D eigenvalue weighted by molar-refractivity contribution is 5.98. The van der Waals surface area contributed by atoms with Crippen LogP contribution in [0.3, 0.4) is 0 Å². The molecule has 6 heteroatoms. The fourth-order valence-corrected chi connectivity index (χ4v) is 2.01. The molecule has 1 aromatic carbocycles. The fraction of sp³-hybridized carbons (Fsp3) is 0.444. The lowest BCUT2D eigenvalue weighted by Crippen LogP contribution is -2.29. The Kier molecular flexibility index (Phi) is 8.39. The van der Waals surface area contributed by atoms with Gasteiger partial charge in [-0.1, -0.05) is 0 Å². The number of hydrogen-bond donors (Lipinski definition) is 1. The van der Waals surface area contributed by atoms with Gasteiger partial charge in [-0.3, -0.25) is 9.59 Å².